The molecule has 0 N–H and O–H groups in total. The van der Waals surface area contributed by atoms with E-state index in [0.717, 1.165) is 0 Å². The maximum absolute atomic E-state index is 2.52. The van der Waals surface area contributed by atoms with E-state index in [9.17, 15) is 0 Å². The molecule has 0 aromatic heterocycles. The zero-order valence-electron chi connectivity index (χ0n) is 34.8. The van der Waals surface area contributed by atoms with Crippen molar-refractivity contribution in [2.24, 2.45) is 0 Å². The Morgan fingerprint density at radius 2 is 0.500 bits per heavy atom. The first-order valence-corrected chi connectivity index (χ1v) is 22.4. The fraction of sp³-hybridized carbons (Fsp3) is 0. The van der Waals surface area contributed by atoms with E-state index in [2.05, 4.69) is 218 Å². The van der Waals surface area contributed by atoms with Gasteiger partial charge in [-0.3, -0.25) is 0 Å². The van der Waals surface area contributed by atoms with Crippen LogP contribution in [0.25, 0.3) is 152 Å². The lowest BCUT2D eigenvalue weighted by Crippen LogP contribution is -1.97. The molecule has 0 radical (unpaired) electrons. The van der Waals surface area contributed by atoms with Crippen molar-refractivity contribution >= 4 is 108 Å². The smallest absolute Gasteiger partial charge is 0.000674 e. The average Bonchev–Trinajstić information content (AvgIpc) is 3.66. The van der Waals surface area contributed by atoms with Gasteiger partial charge in [-0.15, -0.1) is 0 Å². The monoisotopic (exact) mass is 804 g/mol. The van der Waals surface area contributed by atoms with Gasteiger partial charge in [-0.25, -0.2) is 0 Å². The van der Waals surface area contributed by atoms with Crippen molar-refractivity contribution in [1.29, 1.82) is 0 Å². The molecule has 0 nitrogen and oxygen atoms in total. The molecule has 1 aliphatic rings. The molecule has 0 amide bonds. The summed E-state index contributed by atoms with van der Waals surface area (Å²) in [5, 5.41) is 25.3. The van der Waals surface area contributed by atoms with E-state index in [1.165, 1.54) is 152 Å². The van der Waals surface area contributed by atoms with Crippen LogP contribution in [-0.4, -0.2) is 0 Å². The van der Waals surface area contributed by atoms with Crippen LogP contribution in [0.2, 0.25) is 0 Å². The first-order chi connectivity index (χ1) is 31.7. The van der Waals surface area contributed by atoms with Gasteiger partial charge in [0.1, 0.15) is 0 Å². The molecule has 1 aliphatic carbocycles. The van der Waals surface area contributed by atoms with Crippen LogP contribution < -0.4 is 0 Å². The molecule has 14 aromatic rings. The molecular weight excluding hydrogens is 769 g/mol. The van der Waals surface area contributed by atoms with Gasteiger partial charge >= 0.3 is 0 Å². The van der Waals surface area contributed by atoms with E-state index in [1.807, 2.05) is 0 Å². The molecule has 0 saturated heterocycles. The van der Waals surface area contributed by atoms with Crippen molar-refractivity contribution in [1.82, 2.24) is 0 Å². The second-order valence-electron chi connectivity index (χ2n) is 17.9. The SMILES string of the molecule is c1ccc2cc3c(-c4c5c(c(-c6c7ccccc7cc7cc8ccccc8cc67)c6cc7ccccc7cc46)-c4cc6ccccc6c6cccc-5c46)c4ccccc4cc3cc2c1. The number of fused-ring (bicyclic) bond motifs is 13. The van der Waals surface area contributed by atoms with Crippen LogP contribution in [0.15, 0.2) is 218 Å². The molecule has 0 unspecified atom stereocenters. The molecule has 0 heteroatoms. The van der Waals surface area contributed by atoms with E-state index in [-0.39, 0.29) is 0 Å². The summed E-state index contributed by atoms with van der Waals surface area (Å²) in [6, 6.07) is 82.9. The van der Waals surface area contributed by atoms with Crippen LogP contribution >= 0.6 is 0 Å². The van der Waals surface area contributed by atoms with E-state index in [4.69, 9.17) is 0 Å². The van der Waals surface area contributed by atoms with E-state index in [0.29, 0.717) is 0 Å². The predicted octanol–water partition coefficient (Wildman–Crippen LogP) is 18.2. The Bertz CT molecular complexity index is 4400. The zero-order chi connectivity index (χ0) is 41.6. The van der Waals surface area contributed by atoms with Gasteiger partial charge in [-0.2, -0.15) is 0 Å². The minimum Gasteiger partial charge on any atom is -0.0616 e. The molecule has 14 aromatic carbocycles. The maximum atomic E-state index is 2.52. The molecule has 0 heterocycles. The topological polar surface area (TPSA) is 0 Å². The molecule has 64 heavy (non-hydrogen) atoms. The molecule has 0 fully saturated rings. The third kappa shape index (κ3) is 4.61. The minimum absolute atomic E-state index is 1.24. The predicted molar refractivity (Wildman–Crippen MR) is 277 cm³/mol. The fourth-order valence-electron chi connectivity index (χ4n) is 11.9. The van der Waals surface area contributed by atoms with E-state index >= 15 is 0 Å². The molecule has 0 atom stereocenters. The normalized spacial score (nSPS) is 12.4. The summed E-state index contributed by atoms with van der Waals surface area (Å²) in [7, 11) is 0. The number of hydrogen-bond acceptors (Lipinski definition) is 0. The van der Waals surface area contributed by atoms with Gasteiger partial charge in [-0.05, 0) is 207 Å². The summed E-state index contributed by atoms with van der Waals surface area (Å²) >= 11 is 0. The highest BCUT2D eigenvalue weighted by Crippen LogP contribution is 2.61. The summed E-state index contributed by atoms with van der Waals surface area (Å²) in [5.74, 6) is 0. The van der Waals surface area contributed by atoms with Crippen molar-refractivity contribution in [2.45, 2.75) is 0 Å². The maximum Gasteiger partial charge on any atom is -0.000674 e. The van der Waals surface area contributed by atoms with Gasteiger partial charge < -0.3 is 0 Å². The second-order valence-corrected chi connectivity index (χ2v) is 17.9. The zero-order valence-corrected chi connectivity index (χ0v) is 34.8. The summed E-state index contributed by atoms with van der Waals surface area (Å²) < 4.78 is 0. The molecule has 292 valence electrons. The van der Waals surface area contributed by atoms with Crippen LogP contribution in [0.4, 0.5) is 0 Å². The van der Waals surface area contributed by atoms with Crippen molar-refractivity contribution in [3.8, 4) is 44.5 Å². The van der Waals surface area contributed by atoms with Crippen LogP contribution in [0.5, 0.6) is 0 Å². The largest absolute Gasteiger partial charge is 0.0616 e. The van der Waals surface area contributed by atoms with Gasteiger partial charge in [0, 0.05) is 0 Å². The summed E-state index contributed by atoms with van der Waals surface area (Å²) in [6.45, 7) is 0. The van der Waals surface area contributed by atoms with Gasteiger partial charge in [0.25, 0.3) is 0 Å². The minimum atomic E-state index is 1.24. The Morgan fingerprint density at radius 3 is 0.984 bits per heavy atom. The highest BCUT2D eigenvalue weighted by molar-refractivity contribution is 6.36. The number of hydrogen-bond donors (Lipinski definition) is 0. The van der Waals surface area contributed by atoms with E-state index < -0.39 is 0 Å². The highest BCUT2D eigenvalue weighted by atomic mass is 14.4. The van der Waals surface area contributed by atoms with Crippen LogP contribution in [-0.2, 0) is 0 Å². The average molecular weight is 805 g/mol. The highest BCUT2D eigenvalue weighted by Gasteiger charge is 2.33. The third-order valence-electron chi connectivity index (χ3n) is 14.6. The Kier molecular flexibility index (Phi) is 6.77. The standard InChI is InChI=1S/C64H36/c1-3-16-39-32-53-46(28-37(39)14-1)30-43-20-8-11-24-49(43)59(53)62-55-34-41-18-5-6-19-42(41)35-56(55)63(64-57-36-45-22-7-10-23-48(45)51-26-13-27-52(58(51)57)61(62)64)60-50-25-12-9-21-44(50)31-47-29-38-15-2-4-17-40(38)33-54(47)60/h1-36H. The van der Waals surface area contributed by atoms with Gasteiger partial charge in [0.15, 0.2) is 0 Å². The number of benzene rings is 14. The van der Waals surface area contributed by atoms with E-state index in [1.54, 1.807) is 0 Å². The molecule has 0 aliphatic heterocycles. The van der Waals surface area contributed by atoms with Crippen molar-refractivity contribution < 1.29 is 0 Å². The second kappa shape index (κ2) is 12.6. The van der Waals surface area contributed by atoms with Crippen molar-refractivity contribution in [2.75, 3.05) is 0 Å². The fourth-order valence-corrected chi connectivity index (χ4v) is 11.9. The Hall–Kier alpha value is -8.32. The Labute approximate surface area is 368 Å². The third-order valence-corrected chi connectivity index (χ3v) is 14.6. The lowest BCUT2D eigenvalue weighted by Gasteiger charge is -2.25. The van der Waals surface area contributed by atoms with Gasteiger partial charge in [0.05, 0.1) is 0 Å². The molecular formula is C64H36. The van der Waals surface area contributed by atoms with Crippen molar-refractivity contribution in [3.05, 3.63) is 218 Å². The summed E-state index contributed by atoms with van der Waals surface area (Å²) in [6.07, 6.45) is 0. The van der Waals surface area contributed by atoms with Crippen LogP contribution in [0.3, 0.4) is 0 Å². The van der Waals surface area contributed by atoms with Crippen LogP contribution in [0.1, 0.15) is 0 Å². The van der Waals surface area contributed by atoms with Crippen LogP contribution in [0, 0.1) is 0 Å². The van der Waals surface area contributed by atoms with Gasteiger partial charge in [-0.1, -0.05) is 164 Å². The lowest BCUT2D eigenvalue weighted by molar-refractivity contribution is 1.69. The lowest BCUT2D eigenvalue weighted by atomic mass is 9.78. The molecule has 0 bridgehead atoms. The Balaban J connectivity index is 1.26. The summed E-state index contributed by atoms with van der Waals surface area (Å²) in [5.41, 5.74) is 10.5. The Morgan fingerprint density at radius 1 is 0.156 bits per heavy atom. The molecule has 0 spiro atoms. The first-order valence-electron chi connectivity index (χ1n) is 22.4. The van der Waals surface area contributed by atoms with Crippen molar-refractivity contribution in [3.63, 3.8) is 0 Å². The summed E-state index contributed by atoms with van der Waals surface area (Å²) in [4.78, 5) is 0. The quantitative estimate of drug-likeness (QED) is 0.121. The number of rotatable bonds is 2. The molecule has 0 saturated carbocycles. The first kappa shape index (κ1) is 34.3. The molecule has 15 rings (SSSR count). The van der Waals surface area contributed by atoms with Gasteiger partial charge in [0.2, 0.25) is 0 Å².